The molecular formula is C13H17N3O3. The Morgan fingerprint density at radius 1 is 1.26 bits per heavy atom. The van der Waals surface area contributed by atoms with Crippen LogP contribution in [-0.2, 0) is 0 Å². The van der Waals surface area contributed by atoms with Crippen LogP contribution in [0.25, 0.3) is 0 Å². The van der Waals surface area contributed by atoms with Crippen LogP contribution in [0.1, 0.15) is 16.8 Å². The molecule has 19 heavy (non-hydrogen) atoms. The molecule has 1 aliphatic heterocycles. The number of ketones is 1. The molecule has 6 nitrogen and oxygen atoms in total. The second-order valence-corrected chi connectivity index (χ2v) is 4.61. The lowest BCUT2D eigenvalue weighted by atomic mass is 10.1. The van der Waals surface area contributed by atoms with E-state index in [1.807, 2.05) is 0 Å². The van der Waals surface area contributed by atoms with E-state index in [2.05, 4.69) is 10.2 Å². The highest BCUT2D eigenvalue weighted by Gasteiger charge is 2.15. The number of benzene rings is 1. The minimum atomic E-state index is -0.464. The summed E-state index contributed by atoms with van der Waals surface area (Å²) in [6.07, 6.45) is 1.04. The van der Waals surface area contributed by atoms with E-state index < -0.39 is 4.92 Å². The average molecular weight is 263 g/mol. The first-order chi connectivity index (χ1) is 9.16. The van der Waals surface area contributed by atoms with Crippen molar-refractivity contribution in [2.75, 3.05) is 32.7 Å². The van der Waals surface area contributed by atoms with E-state index in [0.29, 0.717) is 12.1 Å². The Balaban J connectivity index is 1.96. The Bertz CT molecular complexity index is 451. The van der Waals surface area contributed by atoms with Crippen molar-refractivity contribution in [1.82, 2.24) is 10.2 Å². The van der Waals surface area contributed by atoms with Gasteiger partial charge in [0.25, 0.3) is 5.69 Å². The molecule has 0 aliphatic carbocycles. The van der Waals surface area contributed by atoms with E-state index in [9.17, 15) is 14.9 Å². The van der Waals surface area contributed by atoms with Crippen molar-refractivity contribution in [1.29, 1.82) is 0 Å². The van der Waals surface area contributed by atoms with Crippen LogP contribution < -0.4 is 5.32 Å². The van der Waals surface area contributed by atoms with Crippen LogP contribution in [0.15, 0.2) is 24.3 Å². The molecule has 0 radical (unpaired) electrons. The molecule has 1 aromatic rings. The molecule has 2 rings (SSSR count). The van der Waals surface area contributed by atoms with Gasteiger partial charge < -0.3 is 5.32 Å². The highest BCUT2D eigenvalue weighted by molar-refractivity contribution is 5.97. The molecule has 1 fully saturated rings. The van der Waals surface area contributed by atoms with Crippen LogP contribution in [0.2, 0.25) is 0 Å². The molecule has 1 aromatic carbocycles. The van der Waals surface area contributed by atoms with Crippen molar-refractivity contribution < 1.29 is 9.72 Å². The zero-order valence-electron chi connectivity index (χ0n) is 10.7. The van der Waals surface area contributed by atoms with E-state index in [-0.39, 0.29) is 11.5 Å². The molecule has 1 aliphatic rings. The highest BCUT2D eigenvalue weighted by Crippen LogP contribution is 2.12. The minimum absolute atomic E-state index is 0.00974. The topological polar surface area (TPSA) is 75.5 Å². The minimum Gasteiger partial charge on any atom is -0.315 e. The molecule has 0 saturated carbocycles. The quantitative estimate of drug-likeness (QED) is 0.499. The van der Waals surface area contributed by atoms with Crippen LogP contribution in [0, 0.1) is 10.1 Å². The zero-order chi connectivity index (χ0) is 13.7. The molecule has 1 N–H and O–H groups in total. The molecule has 0 spiro atoms. The first-order valence-corrected chi connectivity index (χ1v) is 6.37. The summed E-state index contributed by atoms with van der Waals surface area (Å²) in [4.78, 5) is 24.3. The lowest BCUT2D eigenvalue weighted by Crippen LogP contribution is -2.33. The van der Waals surface area contributed by atoms with Gasteiger partial charge in [-0.1, -0.05) is 0 Å². The van der Waals surface area contributed by atoms with Gasteiger partial charge in [0.05, 0.1) is 11.5 Å². The van der Waals surface area contributed by atoms with E-state index in [1.54, 1.807) is 0 Å². The van der Waals surface area contributed by atoms with E-state index >= 15 is 0 Å². The van der Waals surface area contributed by atoms with Crippen LogP contribution >= 0.6 is 0 Å². The third kappa shape index (κ3) is 3.84. The zero-order valence-corrected chi connectivity index (χ0v) is 10.7. The van der Waals surface area contributed by atoms with Gasteiger partial charge in [0.1, 0.15) is 0 Å². The number of hydrogen-bond donors (Lipinski definition) is 1. The fourth-order valence-corrected chi connectivity index (χ4v) is 2.12. The second kappa shape index (κ2) is 6.40. The maximum atomic E-state index is 12.1. The predicted molar refractivity (Wildman–Crippen MR) is 71.4 cm³/mol. The second-order valence-electron chi connectivity index (χ2n) is 4.61. The van der Waals surface area contributed by atoms with Gasteiger partial charge >= 0.3 is 0 Å². The van der Waals surface area contributed by atoms with Crippen molar-refractivity contribution in [3.05, 3.63) is 39.9 Å². The van der Waals surface area contributed by atoms with E-state index in [0.717, 1.165) is 32.6 Å². The average Bonchev–Trinajstić information content (AvgIpc) is 2.67. The van der Waals surface area contributed by atoms with Crippen LogP contribution in [0.5, 0.6) is 0 Å². The molecule has 102 valence electrons. The fourth-order valence-electron chi connectivity index (χ4n) is 2.12. The predicted octanol–water partition coefficient (Wildman–Crippen LogP) is 1.07. The van der Waals surface area contributed by atoms with Crippen molar-refractivity contribution in [2.45, 2.75) is 6.42 Å². The van der Waals surface area contributed by atoms with Crippen molar-refractivity contribution in [3.8, 4) is 0 Å². The Labute approximate surface area is 111 Å². The summed E-state index contributed by atoms with van der Waals surface area (Å²) in [5, 5.41) is 13.8. The number of nitro benzene ring substituents is 1. The first kappa shape index (κ1) is 13.6. The van der Waals surface area contributed by atoms with Crippen molar-refractivity contribution in [2.24, 2.45) is 0 Å². The van der Waals surface area contributed by atoms with Crippen molar-refractivity contribution in [3.63, 3.8) is 0 Å². The summed E-state index contributed by atoms with van der Waals surface area (Å²) in [6.45, 7) is 4.03. The number of Topliss-reactive ketones (excluding diaryl/α,β-unsaturated/α-hetero) is 1. The number of nitrogens with one attached hydrogen (secondary N) is 1. The summed E-state index contributed by atoms with van der Waals surface area (Å²) in [5.41, 5.74) is 0.540. The third-order valence-corrected chi connectivity index (χ3v) is 3.20. The smallest absolute Gasteiger partial charge is 0.269 e. The Hall–Kier alpha value is -1.79. The number of non-ortho nitro benzene ring substituents is 1. The van der Waals surface area contributed by atoms with Gasteiger partial charge in [-0.25, -0.2) is 0 Å². The number of nitrogens with zero attached hydrogens (tertiary/aromatic N) is 2. The van der Waals surface area contributed by atoms with Gasteiger partial charge in [-0.3, -0.25) is 19.8 Å². The summed E-state index contributed by atoms with van der Waals surface area (Å²) in [5.74, 6) is 0.0109. The standard InChI is InChI=1S/C13H17N3O3/c17-13(10-15-8-1-6-14-7-9-15)11-2-4-12(5-3-11)16(18)19/h2-5,14H,1,6-10H2. The lowest BCUT2D eigenvalue weighted by molar-refractivity contribution is -0.384. The number of nitro groups is 1. The fraction of sp³-hybridized carbons (Fsp3) is 0.462. The first-order valence-electron chi connectivity index (χ1n) is 6.37. The molecule has 0 unspecified atom stereocenters. The number of carbonyl (C=O) groups excluding carboxylic acids is 1. The molecule has 0 bridgehead atoms. The Morgan fingerprint density at radius 3 is 2.68 bits per heavy atom. The number of carbonyl (C=O) groups is 1. The normalized spacial score (nSPS) is 16.8. The van der Waals surface area contributed by atoms with E-state index in [4.69, 9.17) is 0 Å². The summed E-state index contributed by atoms with van der Waals surface area (Å²) < 4.78 is 0. The monoisotopic (exact) mass is 263 g/mol. The summed E-state index contributed by atoms with van der Waals surface area (Å²) >= 11 is 0. The molecule has 1 heterocycles. The van der Waals surface area contributed by atoms with E-state index in [1.165, 1.54) is 24.3 Å². The van der Waals surface area contributed by atoms with Gasteiger partial charge in [-0.2, -0.15) is 0 Å². The van der Waals surface area contributed by atoms with Crippen LogP contribution in [0.3, 0.4) is 0 Å². The SMILES string of the molecule is O=C(CN1CCCNCC1)c1ccc([N+](=O)[O-])cc1. The maximum absolute atomic E-state index is 12.1. The van der Waals surface area contributed by atoms with Crippen LogP contribution in [0.4, 0.5) is 5.69 Å². The van der Waals surface area contributed by atoms with Gasteiger partial charge in [-0.05, 0) is 31.6 Å². The molecule has 0 atom stereocenters. The summed E-state index contributed by atoms with van der Waals surface area (Å²) in [6, 6.07) is 5.79. The number of hydrogen-bond acceptors (Lipinski definition) is 5. The van der Waals surface area contributed by atoms with Crippen LogP contribution in [-0.4, -0.2) is 48.3 Å². The van der Waals surface area contributed by atoms with Gasteiger partial charge in [-0.15, -0.1) is 0 Å². The number of rotatable bonds is 4. The van der Waals surface area contributed by atoms with Gasteiger partial charge in [0.15, 0.2) is 5.78 Å². The van der Waals surface area contributed by atoms with Crippen molar-refractivity contribution >= 4 is 11.5 Å². The Kier molecular flexibility index (Phi) is 4.59. The lowest BCUT2D eigenvalue weighted by Gasteiger charge is -2.18. The highest BCUT2D eigenvalue weighted by atomic mass is 16.6. The van der Waals surface area contributed by atoms with Gasteiger partial charge in [0, 0.05) is 30.8 Å². The third-order valence-electron chi connectivity index (χ3n) is 3.20. The largest absolute Gasteiger partial charge is 0.315 e. The molecule has 0 aromatic heterocycles. The Morgan fingerprint density at radius 2 is 2.00 bits per heavy atom. The maximum Gasteiger partial charge on any atom is 0.269 e. The molecular weight excluding hydrogens is 246 g/mol. The summed E-state index contributed by atoms with van der Waals surface area (Å²) in [7, 11) is 0. The van der Waals surface area contributed by atoms with Gasteiger partial charge in [0.2, 0.25) is 0 Å². The molecule has 1 saturated heterocycles. The molecule has 0 amide bonds. The molecule has 6 heteroatoms.